The van der Waals surface area contributed by atoms with Crippen molar-refractivity contribution in [3.05, 3.63) is 57.4 Å². The van der Waals surface area contributed by atoms with Crippen LogP contribution in [0, 0.1) is 0 Å². The number of likely N-dealkylation sites (N-methyl/N-ethyl adjacent to an activating group) is 1. The van der Waals surface area contributed by atoms with Crippen molar-refractivity contribution < 1.29 is 4.79 Å². The summed E-state index contributed by atoms with van der Waals surface area (Å²) in [5.74, 6) is -0.127. The lowest BCUT2D eigenvalue weighted by Crippen LogP contribution is -2.31. The number of anilines is 1. The topological polar surface area (TPSA) is 23.6 Å². The predicted molar refractivity (Wildman–Crippen MR) is 91.6 cm³/mol. The van der Waals surface area contributed by atoms with E-state index in [1.807, 2.05) is 23.6 Å². The van der Waals surface area contributed by atoms with Crippen molar-refractivity contribution in [3.63, 3.8) is 0 Å². The molecule has 0 aliphatic carbocycles. The van der Waals surface area contributed by atoms with Crippen LogP contribution in [0.1, 0.15) is 4.88 Å². The molecule has 0 radical (unpaired) electrons. The number of thiocarbonyl (C=S) groups is 1. The van der Waals surface area contributed by atoms with Gasteiger partial charge in [0, 0.05) is 16.9 Å². The highest BCUT2D eigenvalue weighted by Gasteiger charge is 2.36. The molecule has 1 fully saturated rings. The SMILES string of the molecule is CN1C(=S)N(c2ccc(Cl)cc2)C(=O)/C1=C\c1cccs1. The molecule has 3 rings (SSSR count). The van der Waals surface area contributed by atoms with E-state index in [0.29, 0.717) is 15.8 Å². The molecule has 1 aliphatic rings. The van der Waals surface area contributed by atoms with E-state index in [1.165, 1.54) is 4.90 Å². The minimum Gasteiger partial charge on any atom is -0.317 e. The molecule has 2 heterocycles. The van der Waals surface area contributed by atoms with Crippen LogP contribution in [0.25, 0.3) is 6.08 Å². The zero-order valence-corrected chi connectivity index (χ0v) is 13.5. The maximum absolute atomic E-state index is 12.6. The Bertz CT molecular complexity index is 723. The highest BCUT2D eigenvalue weighted by molar-refractivity contribution is 7.80. The van der Waals surface area contributed by atoms with E-state index in [-0.39, 0.29) is 5.91 Å². The summed E-state index contributed by atoms with van der Waals surface area (Å²) in [6, 6.07) is 11.0. The molecule has 0 saturated carbocycles. The van der Waals surface area contributed by atoms with Crippen LogP contribution in [-0.4, -0.2) is 23.0 Å². The summed E-state index contributed by atoms with van der Waals surface area (Å²) < 4.78 is 0. The van der Waals surface area contributed by atoms with Crippen LogP contribution in [0.15, 0.2) is 47.5 Å². The Morgan fingerprint density at radius 1 is 1.24 bits per heavy atom. The van der Waals surface area contributed by atoms with Crippen molar-refractivity contribution in [2.24, 2.45) is 0 Å². The second-order valence-electron chi connectivity index (χ2n) is 4.50. The number of thiophene rings is 1. The van der Waals surface area contributed by atoms with Crippen molar-refractivity contribution in [2.75, 3.05) is 11.9 Å². The van der Waals surface area contributed by atoms with Gasteiger partial charge in [-0.15, -0.1) is 11.3 Å². The van der Waals surface area contributed by atoms with Gasteiger partial charge in [-0.05, 0) is 54.0 Å². The molecule has 1 aromatic carbocycles. The molecule has 0 spiro atoms. The monoisotopic (exact) mass is 334 g/mol. The second-order valence-corrected chi connectivity index (χ2v) is 6.28. The van der Waals surface area contributed by atoms with Gasteiger partial charge in [0.15, 0.2) is 5.11 Å². The molecule has 6 heteroatoms. The average Bonchev–Trinajstić information content (AvgIpc) is 3.05. The van der Waals surface area contributed by atoms with Crippen molar-refractivity contribution in [1.82, 2.24) is 4.90 Å². The Kier molecular flexibility index (Phi) is 3.80. The van der Waals surface area contributed by atoms with E-state index in [0.717, 1.165) is 10.6 Å². The van der Waals surface area contributed by atoms with Gasteiger partial charge in [0.2, 0.25) is 0 Å². The summed E-state index contributed by atoms with van der Waals surface area (Å²) in [6.45, 7) is 0. The molecule has 0 N–H and O–H groups in total. The largest absolute Gasteiger partial charge is 0.317 e. The number of rotatable bonds is 2. The first kappa shape index (κ1) is 14.3. The molecule has 106 valence electrons. The quantitative estimate of drug-likeness (QED) is 0.612. The number of benzene rings is 1. The molecule has 1 aromatic heterocycles. The number of halogens is 1. The Balaban J connectivity index is 1.99. The molecule has 0 bridgehead atoms. The fourth-order valence-electron chi connectivity index (χ4n) is 2.08. The first-order chi connectivity index (χ1) is 10.1. The van der Waals surface area contributed by atoms with Crippen molar-refractivity contribution >= 4 is 57.9 Å². The van der Waals surface area contributed by atoms with Crippen LogP contribution >= 0.6 is 35.2 Å². The lowest BCUT2D eigenvalue weighted by atomic mass is 10.3. The summed E-state index contributed by atoms with van der Waals surface area (Å²) in [4.78, 5) is 16.9. The molecule has 2 aromatic rings. The fraction of sp³-hybridized carbons (Fsp3) is 0.0667. The van der Waals surface area contributed by atoms with Crippen LogP contribution in [-0.2, 0) is 4.79 Å². The van der Waals surface area contributed by atoms with Crippen LogP contribution in [0.3, 0.4) is 0 Å². The lowest BCUT2D eigenvalue weighted by Gasteiger charge is -2.16. The van der Waals surface area contributed by atoms with Crippen LogP contribution in [0.5, 0.6) is 0 Å². The van der Waals surface area contributed by atoms with Crippen molar-refractivity contribution in [2.45, 2.75) is 0 Å². The minimum atomic E-state index is -0.127. The maximum atomic E-state index is 12.6. The van der Waals surface area contributed by atoms with Gasteiger partial charge < -0.3 is 4.90 Å². The van der Waals surface area contributed by atoms with Gasteiger partial charge in [0.1, 0.15) is 5.70 Å². The third-order valence-corrected chi connectivity index (χ3v) is 4.70. The Morgan fingerprint density at radius 2 is 1.95 bits per heavy atom. The van der Waals surface area contributed by atoms with Gasteiger partial charge in [-0.2, -0.15) is 0 Å². The van der Waals surface area contributed by atoms with E-state index < -0.39 is 0 Å². The second kappa shape index (κ2) is 5.60. The Morgan fingerprint density at radius 3 is 2.57 bits per heavy atom. The summed E-state index contributed by atoms with van der Waals surface area (Å²) in [7, 11) is 1.80. The minimum absolute atomic E-state index is 0.127. The van der Waals surface area contributed by atoms with Gasteiger partial charge in [0.25, 0.3) is 5.91 Å². The maximum Gasteiger partial charge on any atom is 0.281 e. The summed E-state index contributed by atoms with van der Waals surface area (Å²) in [6.07, 6.45) is 1.86. The Hall–Kier alpha value is -1.69. The van der Waals surface area contributed by atoms with Gasteiger partial charge in [-0.3, -0.25) is 9.69 Å². The standard InChI is InChI=1S/C15H11ClN2OS2/c1-17-13(9-12-3-2-8-21-12)14(19)18(15(17)20)11-6-4-10(16)5-7-11/h2-9H,1H3/b13-9+. The summed E-state index contributed by atoms with van der Waals surface area (Å²) >= 11 is 12.9. The smallest absolute Gasteiger partial charge is 0.281 e. The lowest BCUT2D eigenvalue weighted by molar-refractivity contribution is -0.114. The predicted octanol–water partition coefficient (Wildman–Crippen LogP) is 4.01. The highest BCUT2D eigenvalue weighted by Crippen LogP contribution is 2.29. The number of nitrogens with zero attached hydrogens (tertiary/aromatic N) is 2. The third-order valence-electron chi connectivity index (χ3n) is 3.17. The first-order valence-corrected chi connectivity index (χ1v) is 7.87. The van der Waals surface area contributed by atoms with E-state index in [2.05, 4.69) is 0 Å². The first-order valence-electron chi connectivity index (χ1n) is 6.21. The van der Waals surface area contributed by atoms with Gasteiger partial charge in [-0.1, -0.05) is 17.7 Å². The number of amides is 1. The van der Waals surface area contributed by atoms with Crippen LogP contribution in [0.2, 0.25) is 5.02 Å². The summed E-state index contributed by atoms with van der Waals surface area (Å²) in [5, 5.41) is 3.06. The van der Waals surface area contributed by atoms with E-state index in [1.54, 1.807) is 47.5 Å². The zero-order chi connectivity index (χ0) is 15.0. The normalized spacial score (nSPS) is 17.1. The average molecular weight is 335 g/mol. The molecule has 21 heavy (non-hydrogen) atoms. The van der Waals surface area contributed by atoms with Crippen LogP contribution in [0.4, 0.5) is 5.69 Å². The zero-order valence-electron chi connectivity index (χ0n) is 11.1. The molecule has 1 saturated heterocycles. The van der Waals surface area contributed by atoms with Gasteiger partial charge in [-0.25, -0.2) is 0 Å². The third kappa shape index (κ3) is 2.60. The van der Waals surface area contributed by atoms with Gasteiger partial charge in [0.05, 0.1) is 5.69 Å². The van der Waals surface area contributed by atoms with E-state index in [9.17, 15) is 4.79 Å². The Labute approximate surface area is 137 Å². The van der Waals surface area contributed by atoms with Crippen molar-refractivity contribution in [3.8, 4) is 0 Å². The van der Waals surface area contributed by atoms with Crippen LogP contribution < -0.4 is 4.90 Å². The molecule has 3 nitrogen and oxygen atoms in total. The summed E-state index contributed by atoms with van der Waals surface area (Å²) in [5.41, 5.74) is 1.29. The number of carbonyl (C=O) groups is 1. The highest BCUT2D eigenvalue weighted by atomic mass is 35.5. The van der Waals surface area contributed by atoms with Crippen molar-refractivity contribution in [1.29, 1.82) is 0 Å². The van der Waals surface area contributed by atoms with E-state index >= 15 is 0 Å². The molecule has 1 amide bonds. The molecule has 1 aliphatic heterocycles. The molecular formula is C15H11ClN2OS2. The molecule has 0 unspecified atom stereocenters. The number of carbonyl (C=O) groups excluding carboxylic acids is 1. The van der Waals surface area contributed by atoms with E-state index in [4.69, 9.17) is 23.8 Å². The number of hydrogen-bond acceptors (Lipinski definition) is 3. The number of hydrogen-bond donors (Lipinski definition) is 0. The molecule has 0 atom stereocenters. The fourth-order valence-corrected chi connectivity index (χ4v) is 3.15. The molecular weight excluding hydrogens is 324 g/mol. The van der Waals surface area contributed by atoms with Gasteiger partial charge >= 0.3 is 0 Å².